The van der Waals surface area contributed by atoms with Gasteiger partial charge in [0.15, 0.2) is 0 Å². The maximum Gasteiger partial charge on any atom is 0.328 e. The van der Waals surface area contributed by atoms with Crippen LogP contribution in [-0.4, -0.2) is 62.5 Å². The van der Waals surface area contributed by atoms with Crippen LogP contribution in [0.15, 0.2) is 66.9 Å². The number of aromatic nitrogens is 1. The van der Waals surface area contributed by atoms with Crippen LogP contribution < -0.4 is 11.1 Å². The zero-order valence-electron chi connectivity index (χ0n) is 21.0. The number of nitrogens with one attached hydrogen (secondary N) is 1. The molecule has 3 rings (SSSR count). The van der Waals surface area contributed by atoms with E-state index in [4.69, 9.17) is 15.9 Å². The van der Waals surface area contributed by atoms with E-state index in [0.717, 1.165) is 17.7 Å². The highest BCUT2D eigenvalue weighted by molar-refractivity contribution is 5.91. The van der Waals surface area contributed by atoms with Crippen LogP contribution in [0.1, 0.15) is 44.0 Å². The van der Waals surface area contributed by atoms with Crippen molar-refractivity contribution < 1.29 is 29.4 Å². The molecule has 1 aliphatic heterocycles. The number of pyridine rings is 1. The van der Waals surface area contributed by atoms with Crippen molar-refractivity contribution in [3.05, 3.63) is 78.1 Å². The number of carbonyl (C=O) groups excluding carboxylic acids is 2. The van der Waals surface area contributed by atoms with Gasteiger partial charge >= 0.3 is 11.9 Å². The number of aliphatic carboxylic acids is 2. The number of hydrogen-bond acceptors (Lipinski definition) is 6. The highest BCUT2D eigenvalue weighted by Crippen LogP contribution is 2.23. The quantitative estimate of drug-likeness (QED) is 0.373. The molecule has 37 heavy (non-hydrogen) atoms. The SMILES string of the molecule is CC(C)C(N)C(=O)N1CCCC1C(=O)N[C@@H](Cc1ccccn1)c1ccccc1.O=C(O)/C=C/C(=O)O. The number of carboxylic acids is 2. The molecule has 3 atom stereocenters. The van der Waals surface area contributed by atoms with Gasteiger partial charge in [-0.05, 0) is 36.5 Å². The number of nitrogens with zero attached hydrogens (tertiary/aromatic N) is 2. The van der Waals surface area contributed by atoms with Gasteiger partial charge in [-0.15, -0.1) is 0 Å². The largest absolute Gasteiger partial charge is 0.478 e. The van der Waals surface area contributed by atoms with Crippen molar-refractivity contribution in [2.75, 3.05) is 6.54 Å². The van der Waals surface area contributed by atoms with Crippen LogP contribution in [0.5, 0.6) is 0 Å². The molecule has 0 bridgehead atoms. The molecule has 2 heterocycles. The first kappa shape index (κ1) is 29.2. The van der Waals surface area contributed by atoms with E-state index in [2.05, 4.69) is 10.3 Å². The van der Waals surface area contributed by atoms with Gasteiger partial charge in [-0.25, -0.2) is 9.59 Å². The first-order valence-electron chi connectivity index (χ1n) is 12.0. The Morgan fingerprint density at radius 3 is 2.22 bits per heavy atom. The van der Waals surface area contributed by atoms with Gasteiger partial charge < -0.3 is 26.2 Å². The molecule has 2 aromatic rings. The standard InChI is InChI=1S/C23H30N4O2.C4H4O4/c1-16(2)21(24)23(29)27-14-8-12-20(27)22(28)26-19(17-9-4-3-5-10-17)15-18-11-6-7-13-25-18;5-3(6)1-2-4(7)8/h3-7,9-11,13,16,19-21H,8,12,14-15,24H2,1-2H3,(H,26,28);1-2H,(H,5,6)(H,7,8)/b;2-1+/t19-,20?,21?;/m0./s1. The summed E-state index contributed by atoms with van der Waals surface area (Å²) in [4.78, 5) is 51.1. The van der Waals surface area contributed by atoms with Crippen LogP contribution >= 0.6 is 0 Å². The van der Waals surface area contributed by atoms with Crippen molar-refractivity contribution in [3.8, 4) is 0 Å². The number of rotatable bonds is 9. The van der Waals surface area contributed by atoms with Crippen LogP contribution in [0.25, 0.3) is 0 Å². The third-order valence-electron chi connectivity index (χ3n) is 5.87. The van der Waals surface area contributed by atoms with Crippen molar-refractivity contribution in [1.29, 1.82) is 0 Å². The molecule has 0 radical (unpaired) electrons. The molecule has 198 valence electrons. The summed E-state index contributed by atoms with van der Waals surface area (Å²) < 4.78 is 0. The molecular weight excluding hydrogens is 476 g/mol. The van der Waals surface area contributed by atoms with Crippen LogP contribution in [0, 0.1) is 5.92 Å². The van der Waals surface area contributed by atoms with Crippen molar-refractivity contribution >= 4 is 23.8 Å². The average Bonchev–Trinajstić information content (AvgIpc) is 3.38. The molecule has 5 N–H and O–H groups in total. The van der Waals surface area contributed by atoms with E-state index in [1.54, 1.807) is 11.1 Å². The van der Waals surface area contributed by atoms with Crippen LogP contribution in [-0.2, 0) is 25.6 Å². The second-order valence-corrected chi connectivity index (χ2v) is 8.97. The molecule has 10 nitrogen and oxygen atoms in total. The van der Waals surface area contributed by atoms with E-state index in [0.29, 0.717) is 31.5 Å². The van der Waals surface area contributed by atoms with E-state index in [1.165, 1.54) is 0 Å². The minimum Gasteiger partial charge on any atom is -0.478 e. The van der Waals surface area contributed by atoms with E-state index in [9.17, 15) is 19.2 Å². The van der Waals surface area contributed by atoms with Crippen molar-refractivity contribution in [2.45, 2.75) is 51.2 Å². The third-order valence-corrected chi connectivity index (χ3v) is 5.87. The number of carbonyl (C=O) groups is 4. The summed E-state index contributed by atoms with van der Waals surface area (Å²) in [5.41, 5.74) is 7.99. The van der Waals surface area contributed by atoms with Crippen molar-refractivity contribution in [1.82, 2.24) is 15.2 Å². The lowest BCUT2D eigenvalue weighted by Gasteiger charge is -2.29. The Balaban J connectivity index is 0.000000521. The zero-order chi connectivity index (χ0) is 27.4. The van der Waals surface area contributed by atoms with Crippen LogP contribution in [0.2, 0.25) is 0 Å². The predicted octanol–water partition coefficient (Wildman–Crippen LogP) is 2.17. The fourth-order valence-electron chi connectivity index (χ4n) is 3.86. The van der Waals surface area contributed by atoms with Gasteiger partial charge in [-0.1, -0.05) is 50.2 Å². The molecule has 0 spiro atoms. The van der Waals surface area contributed by atoms with Gasteiger partial charge in [0.05, 0.1) is 12.1 Å². The molecule has 1 saturated heterocycles. The van der Waals surface area contributed by atoms with Crippen molar-refractivity contribution in [3.63, 3.8) is 0 Å². The molecular formula is C27H34N4O6. The highest BCUT2D eigenvalue weighted by atomic mass is 16.4. The predicted molar refractivity (Wildman–Crippen MR) is 137 cm³/mol. The number of carboxylic acid groups (broad SMARTS) is 2. The summed E-state index contributed by atoms with van der Waals surface area (Å²) in [5, 5.41) is 18.8. The van der Waals surface area contributed by atoms with Gasteiger partial charge in [0.1, 0.15) is 6.04 Å². The molecule has 1 aromatic carbocycles. The Hall–Kier alpha value is -4.05. The van der Waals surface area contributed by atoms with Gasteiger partial charge in [0.2, 0.25) is 11.8 Å². The number of amides is 2. The lowest BCUT2D eigenvalue weighted by atomic mass is 10.0. The fourth-order valence-corrected chi connectivity index (χ4v) is 3.86. The van der Waals surface area contributed by atoms with Crippen LogP contribution in [0.3, 0.4) is 0 Å². The van der Waals surface area contributed by atoms with Crippen LogP contribution in [0.4, 0.5) is 0 Å². The minimum absolute atomic E-state index is 0.0352. The van der Waals surface area contributed by atoms with Gasteiger partial charge in [0.25, 0.3) is 0 Å². The second kappa shape index (κ2) is 14.5. The normalized spacial score (nSPS) is 16.5. The molecule has 1 fully saturated rings. The molecule has 2 unspecified atom stereocenters. The minimum atomic E-state index is -1.26. The molecule has 2 amide bonds. The smallest absolute Gasteiger partial charge is 0.328 e. The van der Waals surface area contributed by atoms with E-state index in [-0.39, 0.29) is 23.8 Å². The topological polar surface area (TPSA) is 163 Å². The fraction of sp³-hybridized carbons (Fsp3) is 0.370. The Kier molecular flexibility index (Phi) is 11.4. The number of likely N-dealkylation sites (tertiary alicyclic amines) is 1. The first-order valence-corrected chi connectivity index (χ1v) is 12.0. The average molecular weight is 511 g/mol. The van der Waals surface area contributed by atoms with Gasteiger partial charge in [-0.3, -0.25) is 14.6 Å². The molecule has 0 saturated carbocycles. The summed E-state index contributed by atoms with van der Waals surface area (Å²) >= 11 is 0. The second-order valence-electron chi connectivity index (χ2n) is 8.97. The maximum atomic E-state index is 13.2. The number of benzene rings is 1. The Labute approximate surface area is 216 Å². The lowest BCUT2D eigenvalue weighted by Crippen LogP contribution is -2.53. The summed E-state index contributed by atoms with van der Waals surface area (Å²) in [5.74, 6) is -2.75. The van der Waals surface area contributed by atoms with Gasteiger partial charge in [-0.2, -0.15) is 0 Å². The Bertz CT molecular complexity index is 1060. The maximum absolute atomic E-state index is 13.2. The summed E-state index contributed by atoms with van der Waals surface area (Å²) in [6, 6.07) is 14.4. The lowest BCUT2D eigenvalue weighted by molar-refractivity contribution is -0.140. The summed E-state index contributed by atoms with van der Waals surface area (Å²) in [6.07, 6.45) is 4.93. The Morgan fingerprint density at radius 1 is 1.05 bits per heavy atom. The van der Waals surface area contributed by atoms with Gasteiger partial charge in [0, 0.05) is 37.0 Å². The van der Waals surface area contributed by atoms with Crippen molar-refractivity contribution in [2.24, 2.45) is 11.7 Å². The summed E-state index contributed by atoms with van der Waals surface area (Å²) in [7, 11) is 0. The molecule has 1 aromatic heterocycles. The first-order chi connectivity index (χ1) is 17.6. The summed E-state index contributed by atoms with van der Waals surface area (Å²) in [6.45, 7) is 4.42. The molecule has 1 aliphatic rings. The highest BCUT2D eigenvalue weighted by Gasteiger charge is 2.37. The molecule has 10 heteroatoms. The Morgan fingerprint density at radius 2 is 1.68 bits per heavy atom. The van der Waals surface area contributed by atoms with E-state index < -0.39 is 24.0 Å². The zero-order valence-corrected chi connectivity index (χ0v) is 21.0. The third kappa shape index (κ3) is 9.49. The number of hydrogen-bond donors (Lipinski definition) is 4. The number of nitrogens with two attached hydrogens (primary N) is 1. The molecule has 0 aliphatic carbocycles. The van der Waals surface area contributed by atoms with E-state index >= 15 is 0 Å². The monoisotopic (exact) mass is 510 g/mol. The van der Waals surface area contributed by atoms with E-state index in [1.807, 2.05) is 62.4 Å².